The smallest absolute Gasteiger partial charge is 0.336 e. The van der Waals surface area contributed by atoms with Crippen molar-refractivity contribution < 1.29 is 22.1 Å². The maximum atomic E-state index is 11.7. The van der Waals surface area contributed by atoms with E-state index in [-0.39, 0.29) is 4.90 Å². The van der Waals surface area contributed by atoms with Gasteiger partial charge in [-0.05, 0) is 26.0 Å². The molecule has 0 saturated heterocycles. The van der Waals surface area contributed by atoms with Crippen LogP contribution in [-0.2, 0) is 23.8 Å². The molecule has 0 unspecified atom stereocenters. The van der Waals surface area contributed by atoms with E-state index < -0.39 is 22.2 Å². The molecule has 1 atom stereocenters. The molecule has 1 rings (SSSR count). The molecule has 17 heavy (non-hydrogen) atoms. The molecule has 0 spiro atoms. The molecule has 1 aromatic carbocycles. The van der Waals surface area contributed by atoms with Crippen LogP contribution < -0.4 is 0 Å². The van der Waals surface area contributed by atoms with Crippen LogP contribution in [0, 0.1) is 6.92 Å². The third-order valence-corrected chi connectivity index (χ3v) is 3.51. The molecule has 0 amide bonds. The van der Waals surface area contributed by atoms with Crippen molar-refractivity contribution >= 4 is 16.1 Å². The number of rotatable bonds is 4. The maximum absolute atomic E-state index is 11.7. The van der Waals surface area contributed by atoms with Gasteiger partial charge in [-0.2, -0.15) is 8.42 Å². The second-order valence-corrected chi connectivity index (χ2v) is 5.10. The Labute approximate surface area is 100 Å². The van der Waals surface area contributed by atoms with Gasteiger partial charge < -0.3 is 4.74 Å². The fourth-order valence-electron chi connectivity index (χ4n) is 1.16. The van der Waals surface area contributed by atoms with Crippen molar-refractivity contribution in [3.8, 4) is 0 Å². The predicted molar refractivity (Wildman–Crippen MR) is 60.9 cm³/mol. The Morgan fingerprint density at radius 1 is 1.24 bits per heavy atom. The molecule has 0 saturated carbocycles. The standard InChI is InChI=1S/C11H14O5S/c1-8-4-6-10(7-5-8)17(13,14)16-9(2)11(12)15-3/h4-7,9H,1-3H3/t9-/m0/s1. The Morgan fingerprint density at radius 2 is 1.76 bits per heavy atom. The van der Waals surface area contributed by atoms with Gasteiger partial charge in [0.25, 0.3) is 10.1 Å². The molecule has 0 aliphatic carbocycles. The van der Waals surface area contributed by atoms with Crippen LogP contribution in [0.4, 0.5) is 0 Å². The minimum Gasteiger partial charge on any atom is -0.467 e. The number of ether oxygens (including phenoxy) is 1. The van der Waals surface area contributed by atoms with Gasteiger partial charge in [0.2, 0.25) is 0 Å². The lowest BCUT2D eigenvalue weighted by atomic mass is 10.2. The Bertz CT molecular complexity index is 489. The molecule has 6 heteroatoms. The van der Waals surface area contributed by atoms with Crippen molar-refractivity contribution in [2.45, 2.75) is 24.8 Å². The van der Waals surface area contributed by atoms with Crippen LogP contribution in [-0.4, -0.2) is 27.6 Å². The Balaban J connectivity index is 2.89. The summed E-state index contributed by atoms with van der Waals surface area (Å²) >= 11 is 0. The average Bonchev–Trinajstić information content (AvgIpc) is 2.27. The summed E-state index contributed by atoms with van der Waals surface area (Å²) in [7, 11) is -2.76. The summed E-state index contributed by atoms with van der Waals surface area (Å²) in [5.41, 5.74) is 0.935. The third kappa shape index (κ3) is 3.54. The van der Waals surface area contributed by atoms with E-state index in [1.165, 1.54) is 26.2 Å². The lowest BCUT2D eigenvalue weighted by Gasteiger charge is -2.10. The highest BCUT2D eigenvalue weighted by Gasteiger charge is 2.24. The molecule has 5 nitrogen and oxygen atoms in total. The fourth-order valence-corrected chi connectivity index (χ4v) is 2.19. The van der Waals surface area contributed by atoms with Crippen LogP contribution >= 0.6 is 0 Å². The lowest BCUT2D eigenvalue weighted by molar-refractivity contribution is -0.147. The van der Waals surface area contributed by atoms with Crippen molar-refractivity contribution in [2.75, 3.05) is 7.11 Å². The van der Waals surface area contributed by atoms with E-state index in [2.05, 4.69) is 4.74 Å². The van der Waals surface area contributed by atoms with Crippen LogP contribution in [0.15, 0.2) is 29.2 Å². The molecule has 0 aliphatic rings. The summed E-state index contributed by atoms with van der Waals surface area (Å²) in [4.78, 5) is 11.1. The Kier molecular flexibility index (Phi) is 4.25. The second kappa shape index (κ2) is 5.29. The van der Waals surface area contributed by atoms with Crippen LogP contribution in [0.3, 0.4) is 0 Å². The van der Waals surface area contributed by atoms with Crippen molar-refractivity contribution in [1.29, 1.82) is 0 Å². The average molecular weight is 258 g/mol. The normalized spacial score (nSPS) is 13.1. The highest BCUT2D eigenvalue weighted by atomic mass is 32.2. The summed E-state index contributed by atoms with van der Waals surface area (Å²) in [6, 6.07) is 6.15. The molecule has 0 aliphatic heterocycles. The molecule has 0 aromatic heterocycles. The molecule has 0 N–H and O–H groups in total. The Morgan fingerprint density at radius 3 is 2.24 bits per heavy atom. The molecule has 0 heterocycles. The zero-order chi connectivity index (χ0) is 13.1. The third-order valence-electron chi connectivity index (χ3n) is 2.11. The van der Waals surface area contributed by atoms with Crippen molar-refractivity contribution in [3.63, 3.8) is 0 Å². The van der Waals surface area contributed by atoms with Gasteiger partial charge in [0, 0.05) is 0 Å². The molecule has 1 aromatic rings. The topological polar surface area (TPSA) is 69.7 Å². The highest BCUT2D eigenvalue weighted by molar-refractivity contribution is 7.86. The number of hydrogen-bond donors (Lipinski definition) is 0. The number of hydrogen-bond acceptors (Lipinski definition) is 5. The van der Waals surface area contributed by atoms with Crippen molar-refractivity contribution in [3.05, 3.63) is 29.8 Å². The van der Waals surface area contributed by atoms with Crippen LogP contribution in [0.1, 0.15) is 12.5 Å². The molecule has 94 valence electrons. The molecule has 0 fully saturated rings. The highest BCUT2D eigenvalue weighted by Crippen LogP contribution is 2.15. The lowest BCUT2D eigenvalue weighted by Crippen LogP contribution is -2.25. The van der Waals surface area contributed by atoms with Gasteiger partial charge in [0.15, 0.2) is 6.10 Å². The molecular formula is C11H14O5S. The first-order valence-corrected chi connectivity index (χ1v) is 6.35. The first kappa shape index (κ1) is 13.7. The van der Waals surface area contributed by atoms with Gasteiger partial charge in [-0.3, -0.25) is 4.18 Å². The van der Waals surface area contributed by atoms with E-state index in [0.29, 0.717) is 0 Å². The number of esters is 1. The van der Waals surface area contributed by atoms with E-state index in [1.54, 1.807) is 12.1 Å². The number of carbonyl (C=O) groups excluding carboxylic acids is 1. The van der Waals surface area contributed by atoms with Gasteiger partial charge in [0.05, 0.1) is 12.0 Å². The van der Waals surface area contributed by atoms with Crippen LogP contribution in [0.5, 0.6) is 0 Å². The van der Waals surface area contributed by atoms with E-state index in [1.807, 2.05) is 6.92 Å². The van der Waals surface area contributed by atoms with Gasteiger partial charge in [0.1, 0.15) is 0 Å². The summed E-state index contributed by atoms with van der Waals surface area (Å²) in [5, 5.41) is 0. The summed E-state index contributed by atoms with van der Waals surface area (Å²) in [6.45, 7) is 3.16. The molecular weight excluding hydrogens is 244 g/mol. The molecule has 0 bridgehead atoms. The minimum absolute atomic E-state index is 0.0128. The zero-order valence-electron chi connectivity index (χ0n) is 9.84. The number of benzene rings is 1. The Hall–Kier alpha value is -1.40. The van der Waals surface area contributed by atoms with Gasteiger partial charge in [-0.25, -0.2) is 4.79 Å². The predicted octanol–water partition coefficient (Wildman–Crippen LogP) is 1.26. The SMILES string of the molecule is COC(=O)[C@H](C)OS(=O)(=O)c1ccc(C)cc1. The number of carbonyl (C=O) groups is 1. The van der Waals surface area contributed by atoms with Gasteiger partial charge >= 0.3 is 5.97 Å². The van der Waals surface area contributed by atoms with Gasteiger partial charge in [-0.15, -0.1) is 0 Å². The first-order valence-electron chi connectivity index (χ1n) is 4.94. The number of aryl methyl sites for hydroxylation is 1. The summed E-state index contributed by atoms with van der Waals surface area (Å²) in [6.07, 6.45) is -1.16. The maximum Gasteiger partial charge on any atom is 0.336 e. The van der Waals surface area contributed by atoms with E-state index in [0.717, 1.165) is 5.56 Å². The van der Waals surface area contributed by atoms with Crippen LogP contribution in [0.2, 0.25) is 0 Å². The van der Waals surface area contributed by atoms with E-state index in [4.69, 9.17) is 4.18 Å². The summed E-state index contributed by atoms with van der Waals surface area (Å²) in [5.74, 6) is -0.735. The largest absolute Gasteiger partial charge is 0.467 e. The minimum atomic E-state index is -3.93. The van der Waals surface area contributed by atoms with E-state index in [9.17, 15) is 13.2 Å². The summed E-state index contributed by atoms with van der Waals surface area (Å²) < 4.78 is 32.6. The first-order chi connectivity index (χ1) is 7.86. The van der Waals surface area contributed by atoms with Crippen molar-refractivity contribution in [1.82, 2.24) is 0 Å². The van der Waals surface area contributed by atoms with Crippen molar-refractivity contribution in [2.24, 2.45) is 0 Å². The van der Waals surface area contributed by atoms with E-state index >= 15 is 0 Å². The second-order valence-electron chi connectivity index (χ2n) is 3.53. The molecule has 0 radical (unpaired) electrons. The van der Waals surface area contributed by atoms with Crippen LogP contribution in [0.25, 0.3) is 0 Å². The number of methoxy groups -OCH3 is 1. The fraction of sp³-hybridized carbons (Fsp3) is 0.364. The quantitative estimate of drug-likeness (QED) is 0.600. The monoisotopic (exact) mass is 258 g/mol. The van der Waals surface area contributed by atoms with Gasteiger partial charge in [-0.1, -0.05) is 17.7 Å². The zero-order valence-corrected chi connectivity index (χ0v) is 10.7.